The highest BCUT2D eigenvalue weighted by molar-refractivity contribution is 6.33. The van der Waals surface area contributed by atoms with Crippen LogP contribution in [0.25, 0.3) is 0 Å². The van der Waals surface area contributed by atoms with Gasteiger partial charge in [0.05, 0.1) is 17.7 Å². The third-order valence-corrected chi connectivity index (χ3v) is 4.35. The summed E-state index contributed by atoms with van der Waals surface area (Å²) in [5.74, 6) is 0.649. The minimum Gasteiger partial charge on any atom is -0.463 e. The first kappa shape index (κ1) is 17.0. The molecule has 1 N–H and O–H groups in total. The second kappa shape index (κ2) is 7.77. The highest BCUT2D eigenvalue weighted by atomic mass is 35.5. The van der Waals surface area contributed by atoms with E-state index in [-0.39, 0.29) is 18.0 Å². The Labute approximate surface area is 136 Å². The van der Waals surface area contributed by atoms with Crippen molar-refractivity contribution in [1.82, 2.24) is 9.97 Å². The molecule has 1 aliphatic rings. The van der Waals surface area contributed by atoms with Gasteiger partial charge in [-0.05, 0) is 46.0 Å². The predicted octanol–water partition coefficient (Wildman–Crippen LogP) is 3.61. The SMILES string of the molecule is CCc1ncnc(NC2CCC(C(=O)OC(C)C)CC2)c1Cl. The molecule has 0 saturated heterocycles. The normalized spacial score (nSPS) is 21.7. The van der Waals surface area contributed by atoms with E-state index < -0.39 is 0 Å². The van der Waals surface area contributed by atoms with Gasteiger partial charge in [-0.1, -0.05) is 18.5 Å². The maximum atomic E-state index is 11.9. The first-order valence-corrected chi connectivity index (χ1v) is 8.35. The number of ether oxygens (including phenoxy) is 1. The molecule has 6 heteroatoms. The minimum absolute atomic E-state index is 0.0209. The Morgan fingerprint density at radius 2 is 2.05 bits per heavy atom. The molecule has 1 aromatic heterocycles. The van der Waals surface area contributed by atoms with E-state index in [0.717, 1.165) is 37.8 Å². The molecule has 2 rings (SSSR count). The van der Waals surface area contributed by atoms with Crippen molar-refractivity contribution >= 4 is 23.4 Å². The molecule has 1 aliphatic carbocycles. The Kier molecular flexibility index (Phi) is 6.00. The van der Waals surface area contributed by atoms with Crippen LogP contribution in [-0.2, 0) is 16.0 Å². The molecule has 0 amide bonds. The standard InChI is InChI=1S/C16H24ClN3O2/c1-4-13-14(17)15(19-9-18-13)20-12-7-5-11(6-8-12)16(21)22-10(2)3/h9-12H,4-8H2,1-3H3,(H,18,19,20). The summed E-state index contributed by atoms with van der Waals surface area (Å²) < 4.78 is 5.29. The van der Waals surface area contributed by atoms with Crippen molar-refractivity contribution in [3.63, 3.8) is 0 Å². The lowest BCUT2D eigenvalue weighted by Gasteiger charge is -2.29. The highest BCUT2D eigenvalue weighted by Gasteiger charge is 2.28. The van der Waals surface area contributed by atoms with Crippen LogP contribution in [0, 0.1) is 5.92 Å². The molecule has 0 radical (unpaired) electrons. The first-order valence-electron chi connectivity index (χ1n) is 7.97. The molecule has 1 saturated carbocycles. The van der Waals surface area contributed by atoms with Gasteiger partial charge < -0.3 is 10.1 Å². The zero-order chi connectivity index (χ0) is 16.1. The fourth-order valence-electron chi connectivity index (χ4n) is 2.75. The van der Waals surface area contributed by atoms with Crippen LogP contribution in [0.2, 0.25) is 5.02 Å². The van der Waals surface area contributed by atoms with Crippen LogP contribution < -0.4 is 5.32 Å². The van der Waals surface area contributed by atoms with Crippen molar-refractivity contribution in [2.24, 2.45) is 5.92 Å². The summed E-state index contributed by atoms with van der Waals surface area (Å²) in [7, 11) is 0. The van der Waals surface area contributed by atoms with Crippen molar-refractivity contribution in [2.45, 2.75) is 65.0 Å². The minimum atomic E-state index is -0.0678. The molecule has 0 spiro atoms. The molecule has 1 heterocycles. The Hall–Kier alpha value is -1.36. The molecule has 0 aliphatic heterocycles. The highest BCUT2D eigenvalue weighted by Crippen LogP contribution is 2.30. The van der Waals surface area contributed by atoms with Crippen molar-refractivity contribution in [1.29, 1.82) is 0 Å². The van der Waals surface area contributed by atoms with Gasteiger partial charge in [-0.25, -0.2) is 9.97 Å². The maximum absolute atomic E-state index is 11.9. The van der Waals surface area contributed by atoms with E-state index >= 15 is 0 Å². The number of hydrogen-bond acceptors (Lipinski definition) is 5. The summed E-state index contributed by atoms with van der Waals surface area (Å²) in [5.41, 5.74) is 0.855. The molecule has 5 nitrogen and oxygen atoms in total. The van der Waals surface area contributed by atoms with E-state index in [1.807, 2.05) is 20.8 Å². The largest absolute Gasteiger partial charge is 0.463 e. The van der Waals surface area contributed by atoms with Crippen molar-refractivity contribution in [3.8, 4) is 0 Å². The van der Waals surface area contributed by atoms with Gasteiger partial charge in [-0.15, -0.1) is 0 Å². The monoisotopic (exact) mass is 325 g/mol. The number of rotatable bonds is 5. The van der Waals surface area contributed by atoms with Gasteiger partial charge >= 0.3 is 5.97 Å². The first-order chi connectivity index (χ1) is 10.5. The molecule has 0 unspecified atom stereocenters. The van der Waals surface area contributed by atoms with E-state index in [4.69, 9.17) is 16.3 Å². The van der Waals surface area contributed by atoms with E-state index in [0.29, 0.717) is 16.9 Å². The van der Waals surface area contributed by atoms with E-state index in [2.05, 4.69) is 15.3 Å². The lowest BCUT2D eigenvalue weighted by Crippen LogP contribution is -2.31. The molecule has 0 bridgehead atoms. The zero-order valence-corrected chi connectivity index (χ0v) is 14.2. The number of hydrogen-bond donors (Lipinski definition) is 1. The number of nitrogens with zero attached hydrogens (tertiary/aromatic N) is 2. The van der Waals surface area contributed by atoms with E-state index in [1.54, 1.807) is 6.33 Å². The van der Waals surface area contributed by atoms with Gasteiger partial charge in [-0.2, -0.15) is 0 Å². The summed E-state index contributed by atoms with van der Waals surface area (Å²) in [4.78, 5) is 20.3. The molecule has 1 aromatic rings. The van der Waals surface area contributed by atoms with Gasteiger partial charge in [0.2, 0.25) is 0 Å². The summed E-state index contributed by atoms with van der Waals surface area (Å²) >= 11 is 6.30. The molecule has 22 heavy (non-hydrogen) atoms. The van der Waals surface area contributed by atoms with Crippen LogP contribution in [0.4, 0.5) is 5.82 Å². The molecule has 122 valence electrons. The number of esters is 1. The van der Waals surface area contributed by atoms with Gasteiger partial charge in [0.25, 0.3) is 0 Å². The Bertz CT molecular complexity index is 514. The number of halogens is 1. The molecule has 0 atom stereocenters. The van der Waals surface area contributed by atoms with E-state index in [9.17, 15) is 4.79 Å². The zero-order valence-electron chi connectivity index (χ0n) is 13.4. The molecular formula is C16H24ClN3O2. The van der Waals surface area contributed by atoms with Gasteiger partial charge in [0, 0.05) is 6.04 Å². The number of carbonyl (C=O) groups is 1. The van der Waals surface area contributed by atoms with E-state index in [1.165, 1.54) is 0 Å². The van der Waals surface area contributed by atoms with Crippen LogP contribution in [0.3, 0.4) is 0 Å². The fourth-order valence-corrected chi connectivity index (χ4v) is 3.03. The lowest BCUT2D eigenvalue weighted by molar-refractivity contribution is -0.153. The van der Waals surface area contributed by atoms with Crippen molar-refractivity contribution in [2.75, 3.05) is 5.32 Å². The average Bonchev–Trinajstić information content (AvgIpc) is 2.49. The lowest BCUT2D eigenvalue weighted by atomic mass is 9.86. The molecule has 1 fully saturated rings. The van der Waals surface area contributed by atoms with Gasteiger partial charge in [0.15, 0.2) is 0 Å². The Morgan fingerprint density at radius 3 is 2.64 bits per heavy atom. The third-order valence-electron chi connectivity index (χ3n) is 3.95. The Balaban J connectivity index is 1.89. The van der Waals surface area contributed by atoms with Crippen molar-refractivity contribution in [3.05, 3.63) is 17.0 Å². The quantitative estimate of drug-likeness (QED) is 0.838. The maximum Gasteiger partial charge on any atom is 0.309 e. The van der Waals surface area contributed by atoms with Gasteiger partial charge in [0.1, 0.15) is 17.2 Å². The fraction of sp³-hybridized carbons (Fsp3) is 0.688. The topological polar surface area (TPSA) is 64.1 Å². The average molecular weight is 326 g/mol. The number of aryl methyl sites for hydroxylation is 1. The predicted molar refractivity (Wildman–Crippen MR) is 87.0 cm³/mol. The second-order valence-corrected chi connectivity index (χ2v) is 6.39. The summed E-state index contributed by atoms with van der Waals surface area (Å²) in [6.07, 6.45) is 5.79. The van der Waals surface area contributed by atoms with Crippen LogP contribution >= 0.6 is 11.6 Å². The molecular weight excluding hydrogens is 302 g/mol. The van der Waals surface area contributed by atoms with Gasteiger partial charge in [-0.3, -0.25) is 4.79 Å². The Morgan fingerprint density at radius 1 is 1.36 bits per heavy atom. The molecule has 0 aromatic carbocycles. The smallest absolute Gasteiger partial charge is 0.309 e. The third kappa shape index (κ3) is 4.32. The number of anilines is 1. The van der Waals surface area contributed by atoms with Crippen LogP contribution in [-0.4, -0.2) is 28.1 Å². The summed E-state index contributed by atoms with van der Waals surface area (Å²) in [5, 5.41) is 3.99. The number of nitrogens with one attached hydrogen (secondary N) is 1. The van der Waals surface area contributed by atoms with Crippen LogP contribution in [0.5, 0.6) is 0 Å². The summed E-state index contributed by atoms with van der Waals surface area (Å²) in [6, 6.07) is 0.292. The number of carbonyl (C=O) groups excluding carboxylic acids is 1. The van der Waals surface area contributed by atoms with Crippen LogP contribution in [0.15, 0.2) is 6.33 Å². The van der Waals surface area contributed by atoms with Crippen LogP contribution in [0.1, 0.15) is 52.1 Å². The number of aromatic nitrogens is 2. The second-order valence-electron chi connectivity index (χ2n) is 6.02. The summed E-state index contributed by atoms with van der Waals surface area (Å²) in [6.45, 7) is 5.78. The van der Waals surface area contributed by atoms with Crippen molar-refractivity contribution < 1.29 is 9.53 Å².